The largest absolute Gasteiger partial charge is 0.355 e. The molecule has 0 radical (unpaired) electrons. The van der Waals surface area contributed by atoms with Gasteiger partial charge in [0.1, 0.15) is 0 Å². The van der Waals surface area contributed by atoms with Crippen LogP contribution in [-0.2, 0) is 16.0 Å². The van der Waals surface area contributed by atoms with Crippen LogP contribution in [0.25, 0.3) is 0 Å². The average Bonchev–Trinajstić information content (AvgIpc) is 2.45. The van der Waals surface area contributed by atoms with Crippen molar-refractivity contribution in [1.29, 1.82) is 0 Å². The zero-order valence-electron chi connectivity index (χ0n) is 14.7. The molecule has 1 rings (SSSR count). The maximum Gasteiger partial charge on any atom is 0.224 e. The Kier molecular flexibility index (Phi) is 7.75. The maximum absolute atomic E-state index is 11.8. The predicted molar refractivity (Wildman–Crippen MR) is 93.1 cm³/mol. The number of benzene rings is 1. The Morgan fingerprint density at radius 2 is 1.70 bits per heavy atom. The van der Waals surface area contributed by atoms with E-state index in [1.165, 1.54) is 0 Å². The van der Waals surface area contributed by atoms with Crippen molar-refractivity contribution in [2.75, 3.05) is 33.7 Å². The monoisotopic (exact) mass is 319 g/mol. The zero-order chi connectivity index (χ0) is 17.3. The quantitative estimate of drug-likeness (QED) is 0.724. The predicted octanol–water partition coefficient (Wildman–Crippen LogP) is 1.44. The molecule has 0 aliphatic heterocycles. The lowest BCUT2D eigenvalue weighted by molar-refractivity contribution is -0.122. The second kappa shape index (κ2) is 9.30. The van der Waals surface area contributed by atoms with E-state index in [-0.39, 0.29) is 17.2 Å². The lowest BCUT2D eigenvalue weighted by Gasteiger charge is -2.28. The van der Waals surface area contributed by atoms with E-state index in [1.807, 2.05) is 44.4 Å². The third-order valence-corrected chi connectivity index (χ3v) is 3.39. The summed E-state index contributed by atoms with van der Waals surface area (Å²) in [5.41, 5.74) is 0.996. The molecule has 23 heavy (non-hydrogen) atoms. The van der Waals surface area contributed by atoms with Gasteiger partial charge in [0.15, 0.2) is 0 Å². The molecule has 1 aromatic carbocycles. The third kappa shape index (κ3) is 8.98. The van der Waals surface area contributed by atoms with Crippen molar-refractivity contribution in [3.05, 3.63) is 35.9 Å². The van der Waals surface area contributed by atoms with Crippen molar-refractivity contribution in [3.63, 3.8) is 0 Å². The molecule has 0 saturated heterocycles. The first-order chi connectivity index (χ1) is 10.8. The summed E-state index contributed by atoms with van der Waals surface area (Å²) in [5.74, 6) is -0.0891. The number of hydrogen-bond acceptors (Lipinski definition) is 3. The van der Waals surface area contributed by atoms with Crippen LogP contribution in [0.5, 0.6) is 0 Å². The van der Waals surface area contributed by atoms with Gasteiger partial charge in [-0.25, -0.2) is 0 Å². The van der Waals surface area contributed by atoms with Crippen LogP contribution in [0.3, 0.4) is 0 Å². The first kappa shape index (κ1) is 19.2. The number of hydrogen-bond donors (Lipinski definition) is 2. The number of rotatable bonds is 9. The minimum Gasteiger partial charge on any atom is -0.355 e. The van der Waals surface area contributed by atoms with Gasteiger partial charge in [0.25, 0.3) is 0 Å². The fraction of sp³-hybridized carbons (Fsp3) is 0.556. The standard InChI is InChI=1S/C18H29N3O2/c1-18(2,14-21(3)4)13-20-16(22)10-11-19-17(23)12-15-8-6-5-7-9-15/h5-9H,10-14H2,1-4H3,(H,19,23)(H,20,22). The maximum atomic E-state index is 11.8. The molecule has 0 bridgehead atoms. The molecule has 5 nitrogen and oxygen atoms in total. The van der Waals surface area contributed by atoms with Crippen LogP contribution >= 0.6 is 0 Å². The Hall–Kier alpha value is -1.88. The van der Waals surface area contributed by atoms with Crippen molar-refractivity contribution in [2.45, 2.75) is 26.7 Å². The van der Waals surface area contributed by atoms with Crippen LogP contribution in [0.1, 0.15) is 25.8 Å². The summed E-state index contributed by atoms with van der Waals surface area (Å²) in [6.45, 7) is 6.14. The normalized spacial score (nSPS) is 11.3. The van der Waals surface area contributed by atoms with Crippen molar-refractivity contribution in [2.24, 2.45) is 5.41 Å². The number of carbonyl (C=O) groups is 2. The van der Waals surface area contributed by atoms with E-state index < -0.39 is 0 Å². The Bertz CT molecular complexity index is 498. The lowest BCUT2D eigenvalue weighted by Crippen LogP contribution is -2.40. The second-order valence-corrected chi connectivity index (χ2v) is 6.94. The van der Waals surface area contributed by atoms with E-state index in [2.05, 4.69) is 29.4 Å². The van der Waals surface area contributed by atoms with E-state index in [0.717, 1.165) is 12.1 Å². The number of carbonyl (C=O) groups excluding carboxylic acids is 2. The molecule has 2 N–H and O–H groups in total. The van der Waals surface area contributed by atoms with Crippen molar-refractivity contribution in [1.82, 2.24) is 15.5 Å². The molecule has 0 unspecified atom stereocenters. The third-order valence-electron chi connectivity index (χ3n) is 3.39. The minimum atomic E-state index is -0.0584. The second-order valence-electron chi connectivity index (χ2n) is 6.94. The summed E-state index contributed by atoms with van der Waals surface area (Å²) in [4.78, 5) is 25.7. The highest BCUT2D eigenvalue weighted by atomic mass is 16.2. The number of nitrogens with zero attached hydrogens (tertiary/aromatic N) is 1. The van der Waals surface area contributed by atoms with Gasteiger partial charge in [0.05, 0.1) is 6.42 Å². The average molecular weight is 319 g/mol. The van der Waals surface area contributed by atoms with Crippen LogP contribution in [0.2, 0.25) is 0 Å². The molecule has 0 saturated carbocycles. The first-order valence-corrected chi connectivity index (χ1v) is 8.00. The highest BCUT2D eigenvalue weighted by Gasteiger charge is 2.19. The van der Waals surface area contributed by atoms with Gasteiger partial charge in [-0.1, -0.05) is 44.2 Å². The molecule has 0 fully saturated rings. The Morgan fingerprint density at radius 1 is 1.04 bits per heavy atom. The van der Waals surface area contributed by atoms with E-state index in [4.69, 9.17) is 0 Å². The summed E-state index contributed by atoms with van der Waals surface area (Å²) in [6.07, 6.45) is 0.650. The summed E-state index contributed by atoms with van der Waals surface area (Å²) >= 11 is 0. The molecule has 0 aliphatic carbocycles. The first-order valence-electron chi connectivity index (χ1n) is 8.00. The number of nitrogens with one attached hydrogen (secondary N) is 2. The molecule has 0 heterocycles. The summed E-state index contributed by atoms with van der Waals surface area (Å²) < 4.78 is 0. The molecule has 1 aromatic rings. The van der Waals surface area contributed by atoms with Gasteiger partial charge in [-0.15, -0.1) is 0 Å². The van der Waals surface area contributed by atoms with Crippen LogP contribution in [-0.4, -0.2) is 50.4 Å². The van der Waals surface area contributed by atoms with Crippen molar-refractivity contribution in [3.8, 4) is 0 Å². The smallest absolute Gasteiger partial charge is 0.224 e. The minimum absolute atomic E-state index is 0.0235. The van der Waals surface area contributed by atoms with Crippen molar-refractivity contribution < 1.29 is 9.59 Å². The summed E-state index contributed by atoms with van der Waals surface area (Å²) in [7, 11) is 4.04. The highest BCUT2D eigenvalue weighted by molar-refractivity contribution is 5.80. The van der Waals surface area contributed by atoms with Gasteiger partial charge < -0.3 is 15.5 Å². The number of amides is 2. The molecule has 0 aliphatic rings. The molecule has 5 heteroatoms. The molecule has 0 aromatic heterocycles. The van der Waals surface area contributed by atoms with Gasteiger partial charge in [-0.05, 0) is 25.1 Å². The Morgan fingerprint density at radius 3 is 2.30 bits per heavy atom. The van der Waals surface area contributed by atoms with Crippen molar-refractivity contribution >= 4 is 11.8 Å². The molecule has 128 valence electrons. The SMILES string of the molecule is CN(C)CC(C)(C)CNC(=O)CCNC(=O)Cc1ccccc1. The van der Waals surface area contributed by atoms with E-state index in [0.29, 0.717) is 25.9 Å². The topological polar surface area (TPSA) is 61.4 Å². The van der Waals surface area contributed by atoms with Gasteiger partial charge in [-0.2, -0.15) is 0 Å². The van der Waals surface area contributed by atoms with E-state index in [1.54, 1.807) is 0 Å². The van der Waals surface area contributed by atoms with E-state index in [9.17, 15) is 9.59 Å². The van der Waals surface area contributed by atoms with Crippen LogP contribution in [0, 0.1) is 5.41 Å². The highest BCUT2D eigenvalue weighted by Crippen LogP contribution is 2.13. The van der Waals surface area contributed by atoms with Crippen LogP contribution in [0.15, 0.2) is 30.3 Å². The fourth-order valence-electron chi connectivity index (χ4n) is 2.50. The molecule has 0 atom stereocenters. The van der Waals surface area contributed by atoms with Gasteiger partial charge in [0, 0.05) is 26.1 Å². The fourth-order valence-corrected chi connectivity index (χ4v) is 2.50. The molecule has 0 spiro atoms. The van der Waals surface area contributed by atoms with Crippen LogP contribution < -0.4 is 10.6 Å². The summed E-state index contributed by atoms with van der Waals surface area (Å²) in [5, 5.41) is 5.72. The van der Waals surface area contributed by atoms with Crippen LogP contribution in [0.4, 0.5) is 0 Å². The lowest BCUT2D eigenvalue weighted by atomic mass is 9.93. The van der Waals surface area contributed by atoms with Gasteiger partial charge in [0.2, 0.25) is 11.8 Å². The van der Waals surface area contributed by atoms with E-state index >= 15 is 0 Å². The Labute approximate surface area is 139 Å². The van der Waals surface area contributed by atoms with Gasteiger partial charge in [-0.3, -0.25) is 9.59 Å². The Balaban J connectivity index is 2.20. The molecule has 2 amide bonds. The molecular formula is C18H29N3O2. The van der Waals surface area contributed by atoms with Gasteiger partial charge >= 0.3 is 0 Å². The molecular weight excluding hydrogens is 290 g/mol. The summed E-state index contributed by atoms with van der Waals surface area (Å²) in [6, 6.07) is 9.57. The zero-order valence-corrected chi connectivity index (χ0v) is 14.7.